The van der Waals surface area contributed by atoms with E-state index in [2.05, 4.69) is 11.6 Å². The molecule has 8 heteroatoms. The number of carbonyl (C=O) groups is 1. The van der Waals surface area contributed by atoms with Crippen molar-refractivity contribution in [2.24, 2.45) is 0 Å². The van der Waals surface area contributed by atoms with Crippen molar-refractivity contribution in [2.45, 2.75) is 30.6 Å². The summed E-state index contributed by atoms with van der Waals surface area (Å²) in [6, 6.07) is 4.75. The minimum absolute atomic E-state index is 0.000143. The van der Waals surface area contributed by atoms with E-state index in [4.69, 9.17) is 21.1 Å². The molecule has 1 aliphatic heterocycles. The van der Waals surface area contributed by atoms with E-state index in [1.807, 2.05) is 0 Å². The maximum Gasteiger partial charge on any atom is 0.337 e. The lowest BCUT2D eigenvalue weighted by Gasteiger charge is -2.16. The second-order valence-corrected chi connectivity index (χ2v) is 7.45. The largest absolute Gasteiger partial charge is 0.465 e. The van der Waals surface area contributed by atoms with Gasteiger partial charge in [-0.15, -0.1) is 0 Å². The van der Waals surface area contributed by atoms with Crippen LogP contribution < -0.4 is 5.56 Å². The number of aromatic nitrogens is 2. The summed E-state index contributed by atoms with van der Waals surface area (Å²) in [6.07, 6.45) is 1.90. The molecule has 26 heavy (non-hydrogen) atoms. The molecule has 3 rings (SSSR count). The molecule has 0 unspecified atom stereocenters. The molecule has 1 atom stereocenters. The monoisotopic (exact) mass is 394 g/mol. The van der Waals surface area contributed by atoms with Gasteiger partial charge in [0, 0.05) is 17.4 Å². The first-order valence-electron chi connectivity index (χ1n) is 8.20. The smallest absolute Gasteiger partial charge is 0.337 e. The molecule has 0 radical (unpaired) electrons. The molecule has 0 spiro atoms. The average Bonchev–Trinajstić information content (AvgIpc) is 3.14. The molecule has 2 aromatic rings. The lowest BCUT2D eigenvalue weighted by Crippen LogP contribution is -2.29. The van der Waals surface area contributed by atoms with E-state index in [-0.39, 0.29) is 11.7 Å². The summed E-state index contributed by atoms with van der Waals surface area (Å²) in [7, 11) is 1.31. The van der Waals surface area contributed by atoms with Crippen molar-refractivity contribution in [3.63, 3.8) is 0 Å². The third-order valence-electron chi connectivity index (χ3n) is 4.11. The number of nitrogens with zero attached hydrogens (tertiary/aromatic N) is 2. The maximum atomic E-state index is 13.0. The van der Waals surface area contributed by atoms with Crippen molar-refractivity contribution in [3.05, 3.63) is 45.7 Å². The number of fused-ring (bicyclic) bond motifs is 1. The molecular formula is C18H19ClN2O4S. The van der Waals surface area contributed by atoms with E-state index in [0.29, 0.717) is 45.6 Å². The Morgan fingerprint density at radius 2 is 2.35 bits per heavy atom. The number of thioether (sulfide) groups is 1. The zero-order valence-electron chi connectivity index (χ0n) is 14.4. The van der Waals surface area contributed by atoms with Gasteiger partial charge in [-0.05, 0) is 31.0 Å². The van der Waals surface area contributed by atoms with Gasteiger partial charge in [-0.25, -0.2) is 9.78 Å². The average molecular weight is 395 g/mol. The molecular weight excluding hydrogens is 376 g/mol. The van der Waals surface area contributed by atoms with Gasteiger partial charge in [0.2, 0.25) is 0 Å². The molecule has 0 N–H and O–H groups in total. The number of carbonyl (C=O) groups excluding carboxylic acids is 1. The number of halogens is 1. The van der Waals surface area contributed by atoms with Crippen LogP contribution in [0.25, 0.3) is 10.9 Å². The fourth-order valence-electron chi connectivity index (χ4n) is 2.85. The van der Waals surface area contributed by atoms with E-state index in [1.165, 1.54) is 18.9 Å². The van der Waals surface area contributed by atoms with Crippen molar-refractivity contribution in [3.8, 4) is 0 Å². The topological polar surface area (TPSA) is 70.4 Å². The van der Waals surface area contributed by atoms with Gasteiger partial charge in [-0.2, -0.15) is 0 Å². The number of hydrogen-bond acceptors (Lipinski definition) is 6. The lowest BCUT2D eigenvalue weighted by molar-refractivity contribution is 0.0601. The Hall–Kier alpha value is -1.83. The maximum absolute atomic E-state index is 13.0. The number of hydrogen-bond donors (Lipinski definition) is 0. The van der Waals surface area contributed by atoms with Crippen LogP contribution >= 0.6 is 23.4 Å². The van der Waals surface area contributed by atoms with Gasteiger partial charge in [0.1, 0.15) is 0 Å². The SMILES string of the molecule is C=C(Cl)CSc1nc2cc(C(=O)OC)ccc2c(=O)n1C[C@@H]1CCCO1. The summed E-state index contributed by atoms with van der Waals surface area (Å²) >= 11 is 7.21. The van der Waals surface area contributed by atoms with Gasteiger partial charge < -0.3 is 9.47 Å². The quantitative estimate of drug-likeness (QED) is 0.425. The lowest BCUT2D eigenvalue weighted by atomic mass is 10.1. The Morgan fingerprint density at radius 1 is 1.54 bits per heavy atom. The van der Waals surface area contributed by atoms with Gasteiger partial charge in [-0.1, -0.05) is 29.9 Å². The van der Waals surface area contributed by atoms with Crippen LogP contribution in [0, 0.1) is 0 Å². The Labute approximate surface area is 160 Å². The van der Waals surface area contributed by atoms with Crippen molar-refractivity contribution >= 4 is 40.2 Å². The van der Waals surface area contributed by atoms with Crippen molar-refractivity contribution in [1.29, 1.82) is 0 Å². The second-order valence-electron chi connectivity index (χ2n) is 5.97. The summed E-state index contributed by atoms with van der Waals surface area (Å²) in [5.41, 5.74) is 0.634. The Bertz CT molecular complexity index is 906. The predicted molar refractivity (Wildman–Crippen MR) is 102 cm³/mol. The molecule has 0 amide bonds. The molecule has 0 saturated carbocycles. The van der Waals surface area contributed by atoms with Crippen LogP contribution in [0.2, 0.25) is 0 Å². The number of methoxy groups -OCH3 is 1. The molecule has 138 valence electrons. The Morgan fingerprint density at radius 3 is 3.00 bits per heavy atom. The Kier molecular flexibility index (Phi) is 6.01. The molecule has 1 saturated heterocycles. The number of esters is 1. The highest BCUT2D eigenvalue weighted by Gasteiger charge is 2.21. The van der Waals surface area contributed by atoms with Gasteiger partial charge >= 0.3 is 5.97 Å². The standard InChI is InChI=1S/C18H19ClN2O4S/c1-11(19)10-26-18-20-15-8-12(17(23)24-2)5-6-14(15)16(22)21(18)9-13-4-3-7-25-13/h5-6,8,13H,1,3-4,7,9-10H2,2H3/t13-/m0/s1. The highest BCUT2D eigenvalue weighted by molar-refractivity contribution is 7.99. The van der Waals surface area contributed by atoms with Crippen LogP contribution in [-0.2, 0) is 16.0 Å². The van der Waals surface area contributed by atoms with Gasteiger partial charge in [0.05, 0.1) is 36.2 Å². The molecule has 6 nitrogen and oxygen atoms in total. The molecule has 1 aromatic carbocycles. The third-order valence-corrected chi connectivity index (χ3v) is 5.46. The van der Waals surface area contributed by atoms with E-state index in [1.54, 1.807) is 22.8 Å². The first kappa shape index (κ1) is 18.9. The van der Waals surface area contributed by atoms with E-state index in [9.17, 15) is 9.59 Å². The van der Waals surface area contributed by atoms with Crippen LogP contribution in [0.4, 0.5) is 0 Å². The predicted octanol–water partition coefficient (Wildman–Crippen LogP) is 3.21. The summed E-state index contributed by atoms with van der Waals surface area (Å²) < 4.78 is 12.0. The second kappa shape index (κ2) is 8.24. The fourth-order valence-corrected chi connectivity index (χ4v) is 3.78. The number of ether oxygens (including phenoxy) is 2. The highest BCUT2D eigenvalue weighted by Crippen LogP contribution is 2.23. The van der Waals surface area contributed by atoms with Crippen molar-refractivity contribution < 1.29 is 14.3 Å². The Balaban J connectivity index is 2.08. The van der Waals surface area contributed by atoms with E-state index in [0.717, 1.165) is 12.8 Å². The minimum atomic E-state index is -0.472. The van der Waals surface area contributed by atoms with Crippen LogP contribution in [0.5, 0.6) is 0 Å². The van der Waals surface area contributed by atoms with Crippen LogP contribution in [0.1, 0.15) is 23.2 Å². The van der Waals surface area contributed by atoms with E-state index >= 15 is 0 Å². The number of rotatable bonds is 6. The normalized spacial score (nSPS) is 16.8. The van der Waals surface area contributed by atoms with Gasteiger partial charge in [0.15, 0.2) is 5.16 Å². The van der Waals surface area contributed by atoms with Crippen molar-refractivity contribution in [2.75, 3.05) is 19.5 Å². The number of benzene rings is 1. The highest BCUT2D eigenvalue weighted by atomic mass is 35.5. The van der Waals surface area contributed by atoms with Gasteiger partial charge in [-0.3, -0.25) is 9.36 Å². The first-order valence-corrected chi connectivity index (χ1v) is 9.56. The molecule has 1 aliphatic rings. The molecule has 0 aliphatic carbocycles. The van der Waals surface area contributed by atoms with Crippen LogP contribution in [-0.4, -0.2) is 41.1 Å². The van der Waals surface area contributed by atoms with Crippen LogP contribution in [0.3, 0.4) is 0 Å². The summed E-state index contributed by atoms with van der Waals surface area (Å²) in [4.78, 5) is 29.4. The summed E-state index contributed by atoms with van der Waals surface area (Å²) in [5, 5.41) is 1.45. The van der Waals surface area contributed by atoms with E-state index < -0.39 is 5.97 Å². The zero-order chi connectivity index (χ0) is 18.7. The van der Waals surface area contributed by atoms with Crippen LogP contribution in [0.15, 0.2) is 39.8 Å². The van der Waals surface area contributed by atoms with Gasteiger partial charge in [0.25, 0.3) is 5.56 Å². The minimum Gasteiger partial charge on any atom is -0.465 e. The molecule has 1 aromatic heterocycles. The summed E-state index contributed by atoms with van der Waals surface area (Å²) in [6.45, 7) is 4.83. The molecule has 2 heterocycles. The zero-order valence-corrected chi connectivity index (χ0v) is 15.9. The van der Waals surface area contributed by atoms with Crippen molar-refractivity contribution in [1.82, 2.24) is 9.55 Å². The molecule has 0 bridgehead atoms. The first-order chi connectivity index (χ1) is 12.5. The summed E-state index contributed by atoms with van der Waals surface area (Å²) in [5.74, 6) is -0.0394. The molecule has 1 fully saturated rings. The fraction of sp³-hybridized carbons (Fsp3) is 0.389. The third kappa shape index (κ3) is 4.11.